The number of carbonyl (C=O) groups is 2. The van der Waals surface area contributed by atoms with Gasteiger partial charge in [0.1, 0.15) is 16.8 Å². The number of aryl methyl sites for hydroxylation is 1. The standard InChI is InChI=1S/C25H17ClN2O4S/c1-14-23(33-24(27-14)15-6-3-2-4-7-15)21(29)19-20(18-8-5-13-32-18)28(25(31)22(19)30)17-11-9-16(26)10-12-17/h2-13,20,30H,1H3. The zero-order valence-corrected chi connectivity index (χ0v) is 18.9. The topological polar surface area (TPSA) is 83.6 Å². The summed E-state index contributed by atoms with van der Waals surface area (Å²) in [6, 6.07) is 18.5. The molecule has 6 nitrogen and oxygen atoms in total. The van der Waals surface area contributed by atoms with E-state index in [-0.39, 0.29) is 5.57 Å². The van der Waals surface area contributed by atoms with Crippen molar-refractivity contribution in [3.05, 3.63) is 106 Å². The van der Waals surface area contributed by atoms with Gasteiger partial charge in [-0.3, -0.25) is 14.5 Å². The lowest BCUT2D eigenvalue weighted by Gasteiger charge is -2.24. The fraction of sp³-hybridized carbons (Fsp3) is 0.0800. The highest BCUT2D eigenvalue weighted by Crippen LogP contribution is 2.43. The van der Waals surface area contributed by atoms with E-state index in [9.17, 15) is 14.7 Å². The predicted octanol–water partition coefficient (Wildman–Crippen LogP) is 6.15. The Balaban J connectivity index is 1.60. The SMILES string of the molecule is Cc1nc(-c2ccccc2)sc1C(=O)C1=C(O)C(=O)N(c2ccc(Cl)cc2)C1c1ccco1. The highest BCUT2D eigenvalue weighted by Gasteiger charge is 2.46. The van der Waals surface area contributed by atoms with Crippen LogP contribution in [0, 0.1) is 6.92 Å². The molecule has 164 valence electrons. The first-order valence-corrected chi connectivity index (χ1v) is 11.3. The van der Waals surface area contributed by atoms with Gasteiger partial charge in [-0.05, 0) is 43.3 Å². The van der Waals surface area contributed by atoms with Crippen molar-refractivity contribution in [2.24, 2.45) is 0 Å². The Hall–Kier alpha value is -3.68. The van der Waals surface area contributed by atoms with E-state index < -0.39 is 23.5 Å². The smallest absolute Gasteiger partial charge is 0.294 e. The molecule has 0 saturated carbocycles. The van der Waals surface area contributed by atoms with Crippen molar-refractivity contribution in [3.63, 3.8) is 0 Å². The van der Waals surface area contributed by atoms with Crippen molar-refractivity contribution in [2.45, 2.75) is 13.0 Å². The van der Waals surface area contributed by atoms with Crippen molar-refractivity contribution >= 4 is 40.3 Å². The molecule has 5 rings (SSSR count). The number of rotatable bonds is 5. The minimum Gasteiger partial charge on any atom is -0.503 e. The van der Waals surface area contributed by atoms with E-state index >= 15 is 0 Å². The number of halogens is 1. The Morgan fingerprint density at radius 2 is 1.82 bits per heavy atom. The van der Waals surface area contributed by atoms with E-state index in [1.165, 1.54) is 22.5 Å². The molecule has 3 heterocycles. The fourth-order valence-corrected chi connectivity index (χ4v) is 5.01. The predicted molar refractivity (Wildman–Crippen MR) is 127 cm³/mol. The van der Waals surface area contributed by atoms with Crippen LogP contribution in [-0.2, 0) is 4.79 Å². The van der Waals surface area contributed by atoms with Gasteiger partial charge in [-0.15, -0.1) is 11.3 Å². The molecule has 1 unspecified atom stereocenters. The van der Waals surface area contributed by atoms with Crippen molar-refractivity contribution in [1.82, 2.24) is 4.98 Å². The summed E-state index contributed by atoms with van der Waals surface area (Å²) in [5.41, 5.74) is 1.85. The number of hydrogen-bond acceptors (Lipinski definition) is 6. The minimum absolute atomic E-state index is 0.0451. The molecule has 1 amide bonds. The highest BCUT2D eigenvalue weighted by molar-refractivity contribution is 7.17. The van der Waals surface area contributed by atoms with Crippen LogP contribution >= 0.6 is 22.9 Å². The lowest BCUT2D eigenvalue weighted by atomic mass is 9.99. The Morgan fingerprint density at radius 3 is 2.48 bits per heavy atom. The van der Waals surface area contributed by atoms with E-state index in [4.69, 9.17) is 16.0 Å². The molecule has 2 aromatic carbocycles. The largest absolute Gasteiger partial charge is 0.503 e. The normalized spacial score (nSPS) is 16.0. The molecule has 33 heavy (non-hydrogen) atoms. The number of nitrogens with zero attached hydrogens (tertiary/aromatic N) is 2. The number of benzene rings is 2. The Labute approximate surface area is 198 Å². The van der Waals surface area contributed by atoms with E-state index in [0.717, 1.165) is 5.56 Å². The number of ketones is 1. The quantitative estimate of drug-likeness (QED) is 0.349. The van der Waals surface area contributed by atoms with Crippen molar-refractivity contribution in [3.8, 4) is 10.6 Å². The van der Waals surface area contributed by atoms with Crippen LogP contribution in [0.25, 0.3) is 10.6 Å². The number of aromatic nitrogens is 1. The molecule has 1 N–H and O–H groups in total. The van der Waals surface area contributed by atoms with E-state index in [1.54, 1.807) is 43.3 Å². The van der Waals surface area contributed by atoms with Crippen LogP contribution in [0.5, 0.6) is 0 Å². The maximum Gasteiger partial charge on any atom is 0.294 e. The molecule has 0 bridgehead atoms. The monoisotopic (exact) mass is 476 g/mol. The molecule has 0 aliphatic carbocycles. The van der Waals surface area contributed by atoms with Gasteiger partial charge in [0.05, 0.1) is 22.4 Å². The number of thiazole rings is 1. The first-order chi connectivity index (χ1) is 16.0. The number of aliphatic hydroxyl groups excluding tert-OH is 1. The van der Waals surface area contributed by atoms with Crippen LogP contribution in [0.4, 0.5) is 5.69 Å². The van der Waals surface area contributed by atoms with E-state index in [2.05, 4.69) is 4.98 Å². The van der Waals surface area contributed by atoms with E-state index in [0.29, 0.717) is 32.0 Å². The highest BCUT2D eigenvalue weighted by atomic mass is 35.5. The zero-order valence-electron chi connectivity index (χ0n) is 17.4. The number of hydrogen-bond donors (Lipinski definition) is 1. The van der Waals surface area contributed by atoms with Gasteiger partial charge in [-0.1, -0.05) is 41.9 Å². The zero-order chi connectivity index (χ0) is 23.1. The molecule has 0 saturated heterocycles. The molecule has 2 aromatic heterocycles. The third-order valence-corrected chi connectivity index (χ3v) is 6.85. The van der Waals surface area contributed by atoms with Crippen LogP contribution in [0.2, 0.25) is 5.02 Å². The summed E-state index contributed by atoms with van der Waals surface area (Å²) in [7, 11) is 0. The second-order valence-electron chi connectivity index (χ2n) is 7.46. The number of carbonyl (C=O) groups excluding carboxylic acids is 2. The molecule has 8 heteroatoms. The minimum atomic E-state index is -0.928. The summed E-state index contributed by atoms with van der Waals surface area (Å²) in [6.45, 7) is 1.74. The average molecular weight is 477 g/mol. The Morgan fingerprint density at radius 1 is 1.09 bits per heavy atom. The van der Waals surface area contributed by atoms with Gasteiger partial charge in [0, 0.05) is 16.3 Å². The third kappa shape index (κ3) is 3.65. The summed E-state index contributed by atoms with van der Waals surface area (Å²) in [6.07, 6.45) is 1.46. The van der Waals surface area contributed by atoms with Crippen LogP contribution in [0.15, 0.2) is 88.7 Å². The number of amides is 1. The van der Waals surface area contributed by atoms with Gasteiger partial charge in [0.2, 0.25) is 5.78 Å². The summed E-state index contributed by atoms with van der Waals surface area (Å²) in [5, 5.41) is 12.0. The average Bonchev–Trinajstić information content (AvgIpc) is 3.54. The molecular weight excluding hydrogens is 460 g/mol. The summed E-state index contributed by atoms with van der Waals surface area (Å²) < 4.78 is 5.58. The van der Waals surface area contributed by atoms with Gasteiger partial charge < -0.3 is 9.52 Å². The second-order valence-corrected chi connectivity index (χ2v) is 8.90. The van der Waals surface area contributed by atoms with Crippen molar-refractivity contribution in [1.29, 1.82) is 0 Å². The Bertz CT molecular complexity index is 1380. The molecule has 1 aliphatic heterocycles. The van der Waals surface area contributed by atoms with Crippen LogP contribution < -0.4 is 4.90 Å². The molecule has 4 aromatic rings. The first-order valence-electron chi connectivity index (χ1n) is 10.1. The third-order valence-electron chi connectivity index (χ3n) is 5.39. The molecule has 1 atom stereocenters. The summed E-state index contributed by atoms with van der Waals surface area (Å²) in [5.74, 6) is -1.40. The number of aliphatic hydroxyl groups is 1. The van der Waals surface area contributed by atoms with Gasteiger partial charge in [-0.2, -0.15) is 0 Å². The maximum atomic E-state index is 13.7. The molecule has 0 fully saturated rings. The second kappa shape index (κ2) is 8.35. The van der Waals surface area contributed by atoms with Crippen LogP contribution in [0.1, 0.15) is 27.2 Å². The van der Waals surface area contributed by atoms with Gasteiger partial charge in [0.25, 0.3) is 5.91 Å². The van der Waals surface area contributed by atoms with Gasteiger partial charge in [-0.25, -0.2) is 4.98 Å². The molecule has 1 aliphatic rings. The van der Waals surface area contributed by atoms with Crippen molar-refractivity contribution < 1.29 is 19.1 Å². The molecular formula is C25H17ClN2O4S. The van der Waals surface area contributed by atoms with Gasteiger partial charge in [0.15, 0.2) is 5.76 Å². The molecule has 0 spiro atoms. The summed E-state index contributed by atoms with van der Waals surface area (Å²) >= 11 is 7.23. The lowest BCUT2D eigenvalue weighted by molar-refractivity contribution is -0.117. The molecule has 0 radical (unpaired) electrons. The number of furan rings is 1. The Kier molecular flexibility index (Phi) is 5.36. The van der Waals surface area contributed by atoms with Crippen LogP contribution in [-0.4, -0.2) is 21.8 Å². The van der Waals surface area contributed by atoms with E-state index in [1.807, 2.05) is 30.3 Å². The fourth-order valence-electron chi connectivity index (χ4n) is 3.85. The maximum absolute atomic E-state index is 13.7. The van der Waals surface area contributed by atoms with Crippen molar-refractivity contribution in [2.75, 3.05) is 4.90 Å². The van der Waals surface area contributed by atoms with Crippen LogP contribution in [0.3, 0.4) is 0 Å². The first kappa shape index (κ1) is 21.2. The lowest BCUT2D eigenvalue weighted by Crippen LogP contribution is -2.30. The van der Waals surface area contributed by atoms with Gasteiger partial charge >= 0.3 is 0 Å². The number of Topliss-reactive ketones (excluding diaryl/α,β-unsaturated/α-hetero) is 1. The summed E-state index contributed by atoms with van der Waals surface area (Å²) in [4.78, 5) is 33.1. The number of anilines is 1.